The maximum absolute atomic E-state index is 12.5. The highest BCUT2D eigenvalue weighted by atomic mass is 32.2. The largest absolute Gasteiger partial charge is 0.481 e. The Morgan fingerprint density at radius 2 is 1.96 bits per heavy atom. The van der Waals surface area contributed by atoms with Crippen molar-refractivity contribution in [3.05, 3.63) is 40.3 Å². The molecule has 1 amide bonds. The molecule has 1 fully saturated rings. The van der Waals surface area contributed by atoms with Crippen molar-refractivity contribution in [1.82, 2.24) is 4.90 Å². The van der Waals surface area contributed by atoms with Crippen molar-refractivity contribution in [2.75, 3.05) is 6.54 Å². The minimum absolute atomic E-state index is 0.0264. The molecule has 6 nitrogen and oxygen atoms in total. The average Bonchev–Trinajstić information content (AvgIpc) is 2.81. The van der Waals surface area contributed by atoms with Crippen molar-refractivity contribution in [3.8, 4) is 0 Å². The molecule has 0 saturated carbocycles. The van der Waals surface area contributed by atoms with Gasteiger partial charge in [0.2, 0.25) is 0 Å². The Morgan fingerprint density at radius 1 is 1.27 bits per heavy atom. The fourth-order valence-corrected chi connectivity index (χ4v) is 3.88. The number of thiocarbonyl (C=S) groups is 1. The predicted octanol–water partition coefficient (Wildman–Crippen LogP) is 3.15. The number of carboxylic acids is 2. The fourth-order valence-electron chi connectivity index (χ4n) is 2.58. The first-order valence-corrected chi connectivity index (χ1v) is 9.29. The van der Waals surface area contributed by atoms with Crippen LogP contribution in [0.4, 0.5) is 0 Å². The SMILES string of the molecule is Cc1cccc(C=C2SC(=S)N(CCCCC(C(=O)O)C(=O)O)C2=O)c1. The topological polar surface area (TPSA) is 94.9 Å². The molecule has 2 N–H and O–H groups in total. The number of carboxylic acid groups (broad SMARTS) is 2. The number of hydrogen-bond acceptors (Lipinski definition) is 5. The van der Waals surface area contributed by atoms with Crippen LogP contribution < -0.4 is 0 Å². The number of carbonyl (C=O) groups excluding carboxylic acids is 1. The molecule has 8 heteroatoms. The quantitative estimate of drug-likeness (QED) is 0.303. The van der Waals surface area contributed by atoms with Gasteiger partial charge in [-0.2, -0.15) is 0 Å². The molecule has 0 aromatic heterocycles. The number of nitrogens with zero attached hydrogens (tertiary/aromatic N) is 1. The second-order valence-corrected chi connectivity index (χ2v) is 7.65. The van der Waals surface area contributed by atoms with E-state index in [1.807, 2.05) is 31.2 Å². The summed E-state index contributed by atoms with van der Waals surface area (Å²) in [5.74, 6) is -4.27. The van der Waals surface area contributed by atoms with E-state index in [-0.39, 0.29) is 12.3 Å². The second kappa shape index (κ2) is 8.95. The van der Waals surface area contributed by atoms with Crippen molar-refractivity contribution < 1.29 is 24.6 Å². The van der Waals surface area contributed by atoms with Gasteiger partial charge < -0.3 is 10.2 Å². The molecule has 1 aromatic rings. The summed E-state index contributed by atoms with van der Waals surface area (Å²) in [4.78, 5) is 36.3. The Morgan fingerprint density at radius 3 is 2.58 bits per heavy atom. The monoisotopic (exact) mass is 393 g/mol. The van der Waals surface area contributed by atoms with Gasteiger partial charge in [0.15, 0.2) is 5.92 Å². The van der Waals surface area contributed by atoms with E-state index >= 15 is 0 Å². The molecule has 0 atom stereocenters. The standard InChI is InChI=1S/C18H19NO5S2/c1-11-5-4-6-12(9-11)10-14-15(20)19(18(25)26-14)8-3-2-7-13(16(21)22)17(23)24/h4-6,9-10,13H,2-3,7-8H2,1H3,(H,21,22)(H,23,24). The van der Waals surface area contributed by atoms with Crippen LogP contribution in [0.15, 0.2) is 29.2 Å². The van der Waals surface area contributed by atoms with Crippen LogP contribution in [0.1, 0.15) is 30.4 Å². The number of carbonyl (C=O) groups is 3. The molecule has 0 bridgehead atoms. The highest BCUT2D eigenvalue weighted by molar-refractivity contribution is 8.26. The van der Waals surface area contributed by atoms with Crippen molar-refractivity contribution in [1.29, 1.82) is 0 Å². The molecular formula is C18H19NO5S2. The first kappa shape index (κ1) is 20.1. The maximum Gasteiger partial charge on any atom is 0.317 e. The highest BCUT2D eigenvalue weighted by Crippen LogP contribution is 2.32. The lowest BCUT2D eigenvalue weighted by Gasteiger charge is -2.14. The molecule has 0 unspecified atom stereocenters. The molecule has 2 rings (SSSR count). The summed E-state index contributed by atoms with van der Waals surface area (Å²) in [7, 11) is 0. The minimum Gasteiger partial charge on any atom is -0.481 e. The number of hydrogen-bond donors (Lipinski definition) is 2. The zero-order valence-corrected chi connectivity index (χ0v) is 15.8. The van der Waals surface area contributed by atoms with Crippen LogP contribution in [-0.2, 0) is 14.4 Å². The number of aryl methyl sites for hydroxylation is 1. The predicted molar refractivity (Wildman–Crippen MR) is 104 cm³/mol. The van der Waals surface area contributed by atoms with E-state index in [1.165, 1.54) is 16.7 Å². The van der Waals surface area contributed by atoms with Gasteiger partial charge in [0.05, 0.1) is 4.91 Å². The zero-order chi connectivity index (χ0) is 19.3. The van der Waals surface area contributed by atoms with Crippen LogP contribution in [0.5, 0.6) is 0 Å². The third-order valence-corrected chi connectivity index (χ3v) is 5.31. The van der Waals surface area contributed by atoms with E-state index in [2.05, 4.69) is 0 Å². The number of unbranched alkanes of at least 4 members (excludes halogenated alkanes) is 1. The molecule has 1 heterocycles. The molecule has 0 radical (unpaired) electrons. The van der Waals surface area contributed by atoms with Gasteiger partial charge >= 0.3 is 11.9 Å². The Labute approximate surface area is 160 Å². The molecule has 138 valence electrons. The second-order valence-electron chi connectivity index (χ2n) is 5.97. The van der Waals surface area contributed by atoms with E-state index in [0.717, 1.165) is 11.1 Å². The fraction of sp³-hybridized carbons (Fsp3) is 0.333. The van der Waals surface area contributed by atoms with Crippen LogP contribution in [0.25, 0.3) is 6.08 Å². The molecule has 1 aliphatic rings. The number of thioether (sulfide) groups is 1. The lowest BCUT2D eigenvalue weighted by Crippen LogP contribution is -2.29. The van der Waals surface area contributed by atoms with Crippen LogP contribution in [-0.4, -0.2) is 43.8 Å². The summed E-state index contributed by atoms with van der Waals surface area (Å²) < 4.78 is 0.460. The third kappa shape index (κ3) is 5.15. The lowest BCUT2D eigenvalue weighted by atomic mass is 10.0. The normalized spacial score (nSPS) is 15.9. The smallest absolute Gasteiger partial charge is 0.317 e. The van der Waals surface area contributed by atoms with Crippen LogP contribution in [0, 0.1) is 12.8 Å². The summed E-state index contributed by atoms with van der Waals surface area (Å²) >= 11 is 6.50. The summed E-state index contributed by atoms with van der Waals surface area (Å²) in [6.45, 7) is 2.33. The number of amides is 1. The highest BCUT2D eigenvalue weighted by Gasteiger charge is 2.32. The summed E-state index contributed by atoms with van der Waals surface area (Å²) in [6.07, 6.45) is 2.70. The third-order valence-electron chi connectivity index (χ3n) is 3.93. The Hall–Kier alpha value is -2.19. The van der Waals surface area contributed by atoms with E-state index in [0.29, 0.717) is 28.6 Å². The van der Waals surface area contributed by atoms with Gasteiger partial charge in [-0.3, -0.25) is 19.3 Å². The van der Waals surface area contributed by atoms with Crippen LogP contribution in [0.2, 0.25) is 0 Å². The maximum atomic E-state index is 12.5. The van der Waals surface area contributed by atoms with Crippen molar-refractivity contribution in [2.24, 2.45) is 5.92 Å². The summed E-state index contributed by atoms with van der Waals surface area (Å²) in [5, 5.41) is 17.7. The van der Waals surface area contributed by atoms with Gasteiger partial charge in [-0.05, 0) is 31.4 Å². The van der Waals surface area contributed by atoms with Crippen LogP contribution >= 0.6 is 24.0 Å². The van der Waals surface area contributed by atoms with Crippen molar-refractivity contribution >= 4 is 52.2 Å². The summed E-state index contributed by atoms with van der Waals surface area (Å²) in [6, 6.07) is 7.79. The Balaban J connectivity index is 1.93. The van der Waals surface area contributed by atoms with Gasteiger partial charge in [-0.25, -0.2) is 0 Å². The van der Waals surface area contributed by atoms with Gasteiger partial charge in [-0.1, -0.05) is 60.2 Å². The number of rotatable bonds is 8. The lowest BCUT2D eigenvalue weighted by molar-refractivity contribution is -0.154. The first-order valence-electron chi connectivity index (χ1n) is 8.07. The molecule has 0 spiro atoms. The minimum atomic E-state index is -1.41. The van der Waals surface area contributed by atoms with Gasteiger partial charge in [0, 0.05) is 6.54 Å². The molecular weight excluding hydrogens is 374 g/mol. The molecule has 1 saturated heterocycles. The van der Waals surface area contributed by atoms with E-state index in [9.17, 15) is 14.4 Å². The molecule has 26 heavy (non-hydrogen) atoms. The van der Waals surface area contributed by atoms with E-state index in [4.69, 9.17) is 22.4 Å². The van der Waals surface area contributed by atoms with Gasteiger partial charge in [0.1, 0.15) is 4.32 Å². The van der Waals surface area contributed by atoms with Crippen molar-refractivity contribution in [2.45, 2.75) is 26.2 Å². The number of aliphatic carboxylic acids is 2. The van der Waals surface area contributed by atoms with Crippen molar-refractivity contribution in [3.63, 3.8) is 0 Å². The van der Waals surface area contributed by atoms with E-state index in [1.54, 1.807) is 6.08 Å². The van der Waals surface area contributed by atoms with Gasteiger partial charge in [-0.15, -0.1) is 0 Å². The Bertz CT molecular complexity index is 761. The average molecular weight is 393 g/mol. The zero-order valence-electron chi connectivity index (χ0n) is 14.2. The summed E-state index contributed by atoms with van der Waals surface area (Å²) in [5.41, 5.74) is 2.02. The molecule has 1 aromatic carbocycles. The number of benzene rings is 1. The van der Waals surface area contributed by atoms with E-state index < -0.39 is 17.9 Å². The van der Waals surface area contributed by atoms with Crippen LogP contribution in [0.3, 0.4) is 0 Å². The molecule has 0 aliphatic carbocycles. The molecule has 1 aliphatic heterocycles. The van der Waals surface area contributed by atoms with Gasteiger partial charge in [0.25, 0.3) is 5.91 Å². The first-order chi connectivity index (χ1) is 12.3. The Kier molecular flexibility index (Phi) is 6.93.